The summed E-state index contributed by atoms with van der Waals surface area (Å²) in [7, 11) is -2.02. The number of ether oxygens (including phenoxy) is 2. The lowest BCUT2D eigenvalue weighted by Crippen LogP contribution is -2.47. The average Bonchev–Trinajstić information content (AvgIpc) is 2.97. The maximum Gasteiger partial charge on any atom is 0.416 e. The normalized spacial score (nSPS) is 21.1. The average molecular weight is 673 g/mol. The van der Waals surface area contributed by atoms with E-state index in [9.17, 15) is 36.3 Å². The molecule has 3 amide bonds. The van der Waals surface area contributed by atoms with Gasteiger partial charge in [0, 0.05) is 44.0 Å². The fourth-order valence-electron chi connectivity index (χ4n) is 4.89. The van der Waals surface area contributed by atoms with Crippen molar-refractivity contribution in [1.29, 1.82) is 0 Å². The summed E-state index contributed by atoms with van der Waals surface area (Å²) in [6, 6.07) is 7.12. The number of aliphatic hydroxyl groups excluding tert-OH is 1. The molecule has 11 nitrogen and oxygen atoms in total. The number of carbonyl (C=O) groups is 2. The molecule has 0 aromatic heterocycles. The van der Waals surface area contributed by atoms with Crippen LogP contribution in [0.25, 0.3) is 0 Å². The van der Waals surface area contributed by atoms with Gasteiger partial charge in [0.1, 0.15) is 5.75 Å². The zero-order valence-electron chi connectivity index (χ0n) is 26.6. The van der Waals surface area contributed by atoms with Crippen LogP contribution in [0.1, 0.15) is 56.0 Å². The van der Waals surface area contributed by atoms with Crippen molar-refractivity contribution in [2.45, 2.75) is 64.5 Å². The van der Waals surface area contributed by atoms with E-state index in [1.54, 1.807) is 19.1 Å². The first kappa shape index (κ1) is 37.1. The van der Waals surface area contributed by atoms with Crippen molar-refractivity contribution in [3.63, 3.8) is 0 Å². The summed E-state index contributed by atoms with van der Waals surface area (Å²) in [4.78, 5) is 28.4. The van der Waals surface area contributed by atoms with Gasteiger partial charge in [-0.25, -0.2) is 17.5 Å². The molecule has 256 valence electrons. The van der Waals surface area contributed by atoms with Crippen LogP contribution < -0.4 is 15.4 Å². The summed E-state index contributed by atoms with van der Waals surface area (Å²) in [5.41, 5.74) is -0.384. The first-order valence-electron chi connectivity index (χ1n) is 15.0. The lowest BCUT2D eigenvalue weighted by molar-refractivity contribution is -0.137. The highest BCUT2D eigenvalue weighted by atomic mass is 32.2. The number of urea groups is 1. The largest absolute Gasteiger partial charge is 0.490 e. The van der Waals surface area contributed by atoms with Gasteiger partial charge in [-0.15, -0.1) is 0 Å². The van der Waals surface area contributed by atoms with Gasteiger partial charge >= 0.3 is 12.2 Å². The van der Waals surface area contributed by atoms with Crippen LogP contribution >= 0.6 is 0 Å². The van der Waals surface area contributed by atoms with Gasteiger partial charge in [0.25, 0.3) is 5.91 Å². The second-order valence-corrected chi connectivity index (χ2v) is 13.8. The van der Waals surface area contributed by atoms with E-state index < -0.39 is 45.8 Å². The highest BCUT2D eigenvalue weighted by molar-refractivity contribution is 7.88. The fraction of sp³-hybridized carbons (Fsp3) is 0.548. The first-order chi connectivity index (χ1) is 21.5. The number of rotatable bonds is 7. The second-order valence-electron chi connectivity index (χ2n) is 11.7. The minimum atomic E-state index is -4.51. The smallest absolute Gasteiger partial charge is 0.416 e. The summed E-state index contributed by atoms with van der Waals surface area (Å²) >= 11 is 0. The summed E-state index contributed by atoms with van der Waals surface area (Å²) in [6.07, 6.45) is -2.12. The maximum atomic E-state index is 14.2. The molecule has 0 unspecified atom stereocenters. The lowest BCUT2D eigenvalue weighted by Gasteiger charge is -2.35. The van der Waals surface area contributed by atoms with Crippen molar-refractivity contribution in [3.8, 4) is 5.75 Å². The van der Waals surface area contributed by atoms with Gasteiger partial charge in [-0.05, 0) is 75.6 Å². The Bertz CT molecular complexity index is 1440. The SMILES string of the molecule is C[C@@H]1CN([C@H](C)CO)C(=O)c2cc(NC(=O)Nc3ccc(C(F)(F)F)cc3)ccc2O[C@@H](C)CCCCO[C@H]1CN(C)S(C)(=O)=O. The number of carbonyl (C=O) groups excluding carboxylic acids is 2. The monoisotopic (exact) mass is 672 g/mol. The molecule has 0 bridgehead atoms. The Labute approximate surface area is 268 Å². The van der Waals surface area contributed by atoms with Crippen molar-refractivity contribution in [3.05, 3.63) is 53.6 Å². The Morgan fingerprint density at radius 1 is 1.11 bits per heavy atom. The number of sulfonamides is 1. The van der Waals surface area contributed by atoms with E-state index in [0.717, 1.165) is 36.9 Å². The molecule has 2 aromatic rings. The van der Waals surface area contributed by atoms with Crippen LogP contribution in [0.3, 0.4) is 0 Å². The van der Waals surface area contributed by atoms with Crippen LogP contribution in [0.2, 0.25) is 0 Å². The number of alkyl halides is 3. The van der Waals surface area contributed by atoms with Crippen molar-refractivity contribution in [2.24, 2.45) is 5.92 Å². The van der Waals surface area contributed by atoms with Gasteiger partial charge in [0.05, 0.1) is 42.2 Å². The molecular weight excluding hydrogens is 629 g/mol. The molecule has 3 rings (SSSR count). The number of halogens is 3. The molecule has 4 atom stereocenters. The summed E-state index contributed by atoms with van der Waals surface area (Å²) in [5, 5.41) is 15.1. The van der Waals surface area contributed by atoms with Gasteiger partial charge in [-0.3, -0.25) is 4.79 Å². The van der Waals surface area contributed by atoms with E-state index in [4.69, 9.17) is 9.47 Å². The van der Waals surface area contributed by atoms with Gasteiger partial charge < -0.3 is 30.1 Å². The standard InChI is InChI=1S/C31H43F3N4O7S/c1-20-17-38(21(2)19-39)29(40)26-16-25(36-30(41)35-24-11-9-23(10-12-24)31(32,33)34)13-14-27(26)45-22(3)8-6-7-15-44-28(20)18-37(4)46(5,42)43/h9-14,16,20-22,28,39H,6-8,15,17-19H2,1-5H3,(H2,35,36,41)/t20-,21-,22+,28+/m1/s1. The number of hydrogen-bond donors (Lipinski definition) is 3. The molecule has 3 N–H and O–H groups in total. The van der Waals surface area contributed by atoms with Gasteiger partial charge in [-0.1, -0.05) is 6.92 Å². The highest BCUT2D eigenvalue weighted by Gasteiger charge is 2.32. The molecule has 1 aliphatic heterocycles. The van der Waals surface area contributed by atoms with Gasteiger partial charge in [-0.2, -0.15) is 13.2 Å². The number of nitrogens with zero attached hydrogens (tertiary/aromatic N) is 2. The van der Waals surface area contributed by atoms with E-state index >= 15 is 0 Å². The molecule has 0 fully saturated rings. The fourth-order valence-corrected chi connectivity index (χ4v) is 5.31. The van der Waals surface area contributed by atoms with Gasteiger partial charge in [0.15, 0.2) is 0 Å². The second kappa shape index (κ2) is 15.9. The van der Waals surface area contributed by atoms with Crippen LogP contribution in [-0.4, -0.2) is 92.5 Å². The number of amides is 3. The molecule has 15 heteroatoms. The Morgan fingerprint density at radius 2 is 1.74 bits per heavy atom. The molecule has 0 spiro atoms. The first-order valence-corrected chi connectivity index (χ1v) is 16.8. The number of hydrogen-bond acceptors (Lipinski definition) is 7. The van der Waals surface area contributed by atoms with E-state index in [-0.39, 0.29) is 54.4 Å². The molecule has 1 aliphatic rings. The quantitative estimate of drug-likeness (QED) is 0.375. The van der Waals surface area contributed by atoms with Crippen molar-refractivity contribution >= 4 is 33.3 Å². The predicted octanol–water partition coefficient (Wildman–Crippen LogP) is 5.04. The maximum absolute atomic E-state index is 14.2. The van der Waals surface area contributed by atoms with Crippen molar-refractivity contribution < 1.29 is 45.8 Å². The minimum absolute atomic E-state index is 0.0771. The molecule has 0 radical (unpaired) electrons. The molecule has 2 aromatic carbocycles. The van der Waals surface area contributed by atoms with Crippen LogP contribution in [0.15, 0.2) is 42.5 Å². The number of nitrogens with one attached hydrogen (secondary N) is 2. The topological polar surface area (TPSA) is 138 Å². The molecule has 1 heterocycles. The summed E-state index contributed by atoms with van der Waals surface area (Å²) < 4.78 is 76.5. The minimum Gasteiger partial charge on any atom is -0.490 e. The number of anilines is 2. The van der Waals surface area contributed by atoms with Crippen LogP contribution in [-0.2, 0) is 20.9 Å². The number of likely N-dealkylation sites (N-methyl/N-ethyl adjacent to an activating group) is 1. The third-order valence-electron chi connectivity index (χ3n) is 7.78. The number of aliphatic hydroxyl groups is 1. The summed E-state index contributed by atoms with van der Waals surface area (Å²) in [6.45, 7) is 5.62. The number of fused-ring (bicyclic) bond motifs is 1. The summed E-state index contributed by atoms with van der Waals surface area (Å²) in [5.74, 6) is -0.561. The lowest BCUT2D eigenvalue weighted by atomic mass is 10.0. The third kappa shape index (κ3) is 10.6. The van der Waals surface area contributed by atoms with Gasteiger partial charge in [0.2, 0.25) is 10.0 Å². The Kier molecular flexibility index (Phi) is 12.8. The molecule has 46 heavy (non-hydrogen) atoms. The number of benzene rings is 2. The van der Waals surface area contributed by atoms with Crippen LogP contribution in [0.4, 0.5) is 29.3 Å². The Hall–Kier alpha value is -3.40. The molecule has 0 aliphatic carbocycles. The van der Waals surface area contributed by atoms with Crippen molar-refractivity contribution in [1.82, 2.24) is 9.21 Å². The van der Waals surface area contributed by atoms with E-state index in [1.165, 1.54) is 22.3 Å². The van der Waals surface area contributed by atoms with Crippen LogP contribution in [0.5, 0.6) is 5.75 Å². The van der Waals surface area contributed by atoms with Crippen molar-refractivity contribution in [2.75, 3.05) is 50.2 Å². The Morgan fingerprint density at radius 3 is 2.35 bits per heavy atom. The van der Waals surface area contributed by atoms with E-state index in [0.29, 0.717) is 19.4 Å². The Balaban J connectivity index is 1.92. The highest BCUT2D eigenvalue weighted by Crippen LogP contribution is 2.31. The van der Waals surface area contributed by atoms with E-state index in [2.05, 4.69) is 10.6 Å². The zero-order valence-corrected chi connectivity index (χ0v) is 27.5. The molecule has 0 saturated heterocycles. The molecule has 0 saturated carbocycles. The van der Waals surface area contributed by atoms with E-state index in [1.807, 2.05) is 13.8 Å². The zero-order chi connectivity index (χ0) is 34.2. The third-order valence-corrected chi connectivity index (χ3v) is 9.06. The predicted molar refractivity (Wildman–Crippen MR) is 168 cm³/mol. The van der Waals surface area contributed by atoms with Crippen LogP contribution in [0, 0.1) is 5.92 Å². The molecular formula is C31H43F3N4O7S.